The smallest absolute Gasteiger partial charge is 0.303 e. The number of amides is 1. The van der Waals surface area contributed by atoms with Gasteiger partial charge >= 0.3 is 5.97 Å². The molecule has 3 aliphatic rings. The van der Waals surface area contributed by atoms with E-state index in [1.807, 2.05) is 11.4 Å². The summed E-state index contributed by atoms with van der Waals surface area (Å²) in [4.78, 5) is 41.8. The van der Waals surface area contributed by atoms with E-state index in [9.17, 15) is 9.59 Å². The number of carbonyl (C=O) groups excluding carboxylic acids is 1. The normalized spacial score (nSPS) is 19.1. The average Bonchev–Trinajstić information content (AvgIpc) is 3.64. The van der Waals surface area contributed by atoms with Crippen molar-refractivity contribution in [2.75, 3.05) is 54.4 Å². The van der Waals surface area contributed by atoms with Gasteiger partial charge in [-0.3, -0.25) is 19.8 Å². The number of nitrogens with zero attached hydrogens (tertiary/aromatic N) is 5. The number of nitrogens with one attached hydrogen (secondary N) is 1. The third-order valence-corrected chi connectivity index (χ3v) is 11.4. The SMILES string of the molecule is O=C(O)CC1CCN(c2ncc(C(=O)Nc3nc(-c4cc(Cl)cs4)c(N4CCN(C5CCCCC5)CC4)s3)cc2Cl)CC1. The molecule has 3 aromatic rings. The largest absolute Gasteiger partial charge is 0.481 e. The van der Waals surface area contributed by atoms with Gasteiger partial charge in [0.15, 0.2) is 5.13 Å². The zero-order valence-electron chi connectivity index (χ0n) is 23.9. The third-order valence-electron chi connectivity index (χ3n) is 8.78. The van der Waals surface area contributed by atoms with Crippen LogP contribution in [0.2, 0.25) is 10.0 Å². The van der Waals surface area contributed by atoms with Crippen LogP contribution in [0.3, 0.4) is 0 Å². The first-order valence-corrected chi connectivity index (χ1v) is 17.5. The van der Waals surface area contributed by atoms with Gasteiger partial charge in [0.1, 0.15) is 16.5 Å². The Balaban J connectivity index is 1.14. The minimum atomic E-state index is -0.763. The molecule has 1 saturated carbocycles. The number of aromatic nitrogens is 2. The highest BCUT2D eigenvalue weighted by Crippen LogP contribution is 2.42. The predicted octanol–water partition coefficient (Wildman–Crippen LogP) is 6.97. The molecule has 1 amide bonds. The van der Waals surface area contributed by atoms with Crippen LogP contribution in [0.4, 0.5) is 16.0 Å². The predicted molar refractivity (Wildman–Crippen MR) is 175 cm³/mol. The number of hydrogen-bond acceptors (Lipinski definition) is 9. The number of piperidine rings is 1. The third kappa shape index (κ3) is 7.28. The molecule has 43 heavy (non-hydrogen) atoms. The highest BCUT2D eigenvalue weighted by Gasteiger charge is 2.29. The van der Waals surface area contributed by atoms with Crippen molar-refractivity contribution >= 4 is 73.7 Å². The fourth-order valence-corrected chi connectivity index (χ4v) is 8.91. The monoisotopic (exact) mass is 662 g/mol. The number of anilines is 3. The van der Waals surface area contributed by atoms with Crippen LogP contribution in [0.25, 0.3) is 10.6 Å². The van der Waals surface area contributed by atoms with Crippen LogP contribution in [0.1, 0.15) is 61.7 Å². The molecule has 2 N–H and O–H groups in total. The van der Waals surface area contributed by atoms with Gasteiger partial charge in [0.25, 0.3) is 5.91 Å². The van der Waals surface area contributed by atoms with Crippen molar-refractivity contribution < 1.29 is 14.7 Å². The number of halogens is 2. The number of hydrogen-bond donors (Lipinski definition) is 2. The molecule has 0 bridgehead atoms. The van der Waals surface area contributed by atoms with Gasteiger partial charge in [-0.1, -0.05) is 53.8 Å². The fourth-order valence-electron chi connectivity index (χ4n) is 6.47. The van der Waals surface area contributed by atoms with Crippen LogP contribution in [0.15, 0.2) is 23.7 Å². The van der Waals surface area contributed by atoms with E-state index in [0.717, 1.165) is 54.6 Å². The lowest BCUT2D eigenvalue weighted by Crippen LogP contribution is -2.50. The van der Waals surface area contributed by atoms with Crippen LogP contribution in [-0.4, -0.2) is 77.2 Å². The number of carboxylic acids is 1. The fraction of sp³-hybridized carbons (Fsp3) is 0.533. The van der Waals surface area contributed by atoms with Gasteiger partial charge < -0.3 is 14.9 Å². The van der Waals surface area contributed by atoms with Gasteiger partial charge in [-0.05, 0) is 43.7 Å². The van der Waals surface area contributed by atoms with E-state index < -0.39 is 5.97 Å². The number of piperazine rings is 1. The van der Waals surface area contributed by atoms with Gasteiger partial charge in [0.05, 0.1) is 20.5 Å². The van der Waals surface area contributed by atoms with Gasteiger partial charge in [-0.25, -0.2) is 9.97 Å². The van der Waals surface area contributed by atoms with Crippen molar-refractivity contribution in [3.8, 4) is 10.6 Å². The summed E-state index contributed by atoms with van der Waals surface area (Å²) in [6.07, 6.45) is 9.91. The molecule has 0 radical (unpaired) electrons. The lowest BCUT2D eigenvalue weighted by Gasteiger charge is -2.41. The van der Waals surface area contributed by atoms with E-state index in [0.29, 0.717) is 45.7 Å². The number of aliphatic carboxylic acids is 1. The quantitative estimate of drug-likeness (QED) is 0.267. The zero-order valence-corrected chi connectivity index (χ0v) is 27.1. The maximum absolute atomic E-state index is 13.3. The Labute approximate surface area is 269 Å². The summed E-state index contributed by atoms with van der Waals surface area (Å²) >= 11 is 15.9. The second-order valence-electron chi connectivity index (χ2n) is 11.6. The summed E-state index contributed by atoms with van der Waals surface area (Å²) in [7, 11) is 0. The first-order chi connectivity index (χ1) is 20.8. The van der Waals surface area contributed by atoms with Gasteiger partial charge in [0.2, 0.25) is 0 Å². The van der Waals surface area contributed by atoms with Crippen molar-refractivity contribution in [3.05, 3.63) is 39.3 Å². The number of thiazole rings is 1. The number of carbonyl (C=O) groups is 2. The highest BCUT2D eigenvalue weighted by atomic mass is 35.5. The molecule has 5 heterocycles. The van der Waals surface area contributed by atoms with Crippen molar-refractivity contribution in [2.24, 2.45) is 5.92 Å². The Morgan fingerprint density at radius 1 is 0.977 bits per heavy atom. The Kier molecular flexibility index (Phi) is 9.73. The van der Waals surface area contributed by atoms with E-state index in [4.69, 9.17) is 33.3 Å². The molecule has 9 nitrogen and oxygen atoms in total. The van der Waals surface area contributed by atoms with E-state index >= 15 is 0 Å². The van der Waals surface area contributed by atoms with Gasteiger partial charge in [-0.2, -0.15) is 0 Å². The van der Waals surface area contributed by atoms with Crippen LogP contribution < -0.4 is 15.1 Å². The molecule has 2 saturated heterocycles. The molecular formula is C30H36Cl2N6O3S2. The zero-order chi connectivity index (χ0) is 29.9. The lowest BCUT2D eigenvalue weighted by molar-refractivity contribution is -0.138. The molecule has 0 spiro atoms. The number of thiophene rings is 1. The van der Waals surface area contributed by atoms with Crippen LogP contribution in [0.5, 0.6) is 0 Å². The molecule has 0 unspecified atom stereocenters. The summed E-state index contributed by atoms with van der Waals surface area (Å²) in [5, 5.41) is 16.6. The second kappa shape index (κ2) is 13.7. The molecule has 3 fully saturated rings. The second-order valence-corrected chi connectivity index (χ2v) is 14.4. The minimum Gasteiger partial charge on any atom is -0.481 e. The van der Waals surface area contributed by atoms with Gasteiger partial charge in [-0.15, -0.1) is 11.3 Å². The maximum atomic E-state index is 13.3. The molecule has 230 valence electrons. The van der Waals surface area contributed by atoms with Gasteiger partial charge in [0, 0.05) is 63.3 Å². The molecule has 0 aromatic carbocycles. The minimum absolute atomic E-state index is 0.164. The topological polar surface area (TPSA) is 102 Å². The summed E-state index contributed by atoms with van der Waals surface area (Å²) in [6.45, 7) is 5.27. The number of rotatable bonds is 8. The average molecular weight is 664 g/mol. The number of carboxylic acid groups (broad SMARTS) is 1. The summed E-state index contributed by atoms with van der Waals surface area (Å²) in [6, 6.07) is 4.28. The molecule has 2 aliphatic heterocycles. The number of pyridine rings is 1. The molecule has 6 rings (SSSR count). The highest BCUT2D eigenvalue weighted by molar-refractivity contribution is 7.21. The standard InChI is InChI=1S/C30H36Cl2N6O3S2/c31-21-16-24(42-18-21)26-29(38-12-10-36(11-13-38)22-4-2-1-3-5-22)43-30(34-26)35-28(41)20-15-23(32)27(33-17-20)37-8-6-19(7-9-37)14-25(39)40/h15-19,22H,1-14H2,(H,39,40)(H,34,35,41). The van der Waals surface area contributed by atoms with Crippen LogP contribution in [0, 0.1) is 5.92 Å². The summed E-state index contributed by atoms with van der Waals surface area (Å²) in [5.41, 5.74) is 1.20. The summed E-state index contributed by atoms with van der Waals surface area (Å²) in [5.74, 6) is -0.301. The first-order valence-electron chi connectivity index (χ1n) is 15.0. The van der Waals surface area contributed by atoms with E-state index in [-0.39, 0.29) is 18.2 Å². The molecular weight excluding hydrogens is 627 g/mol. The van der Waals surface area contributed by atoms with Crippen molar-refractivity contribution in [1.82, 2.24) is 14.9 Å². The van der Waals surface area contributed by atoms with Crippen LogP contribution >= 0.6 is 45.9 Å². The Bertz CT molecular complexity index is 1440. The molecule has 0 atom stereocenters. The van der Waals surface area contributed by atoms with Crippen LogP contribution in [-0.2, 0) is 4.79 Å². The van der Waals surface area contributed by atoms with Crippen molar-refractivity contribution in [3.63, 3.8) is 0 Å². The Morgan fingerprint density at radius 3 is 2.37 bits per heavy atom. The lowest BCUT2D eigenvalue weighted by atomic mass is 9.93. The first kappa shape index (κ1) is 30.6. The summed E-state index contributed by atoms with van der Waals surface area (Å²) < 4.78 is 0. The van der Waals surface area contributed by atoms with E-state index in [1.54, 1.807) is 23.6 Å². The van der Waals surface area contributed by atoms with E-state index in [2.05, 4.69) is 25.0 Å². The maximum Gasteiger partial charge on any atom is 0.303 e. The molecule has 1 aliphatic carbocycles. The Hall–Kier alpha value is -2.44. The van der Waals surface area contributed by atoms with E-state index in [1.165, 1.54) is 43.4 Å². The molecule has 13 heteroatoms. The molecule has 3 aromatic heterocycles. The van der Waals surface area contributed by atoms with Crippen molar-refractivity contribution in [2.45, 2.75) is 57.4 Å². The Morgan fingerprint density at radius 2 is 1.72 bits per heavy atom. The van der Waals surface area contributed by atoms with Crippen molar-refractivity contribution in [1.29, 1.82) is 0 Å².